The zero-order valence-electron chi connectivity index (χ0n) is 24.5. The standard InChI is InChI=1S/C30H33F5N4O5S/c1-3-45(42,43)24-11-12-25(36-15-24)26(17-40)38-28(41)20-7-13-27(37-14-20)39-16-21(6-10-23(39)18-44-29(2,31)32)19-4-8-22(9-5-19)30(33,34)35/h4-5,7-9,11-15,21,23,26,40H,3,6,10,16-18H2,1-2H3,(H,38,41)/t21?,23-,26-/m0/s1. The van der Waals surface area contributed by atoms with E-state index in [1.54, 1.807) is 4.90 Å². The third-order valence-electron chi connectivity index (χ3n) is 7.59. The molecule has 244 valence electrons. The molecule has 3 heterocycles. The number of rotatable bonds is 11. The van der Waals surface area contributed by atoms with Crippen LogP contribution < -0.4 is 10.2 Å². The molecule has 0 bridgehead atoms. The molecular weight excluding hydrogens is 623 g/mol. The molecule has 1 aromatic carbocycles. The number of carbonyl (C=O) groups excluding carboxylic acids is 1. The van der Waals surface area contributed by atoms with Crippen LogP contribution >= 0.6 is 0 Å². The van der Waals surface area contributed by atoms with Crippen LogP contribution in [-0.2, 0) is 20.8 Å². The Morgan fingerprint density at radius 1 is 1.04 bits per heavy atom. The lowest BCUT2D eigenvalue weighted by Crippen LogP contribution is -2.46. The van der Waals surface area contributed by atoms with Crippen molar-refractivity contribution in [3.63, 3.8) is 0 Å². The maximum absolute atomic E-state index is 13.5. The third kappa shape index (κ3) is 8.73. The molecule has 1 saturated heterocycles. The van der Waals surface area contributed by atoms with Crippen LogP contribution in [0.1, 0.15) is 65.8 Å². The van der Waals surface area contributed by atoms with E-state index in [0.717, 1.165) is 18.3 Å². The number of ether oxygens (including phenoxy) is 1. The van der Waals surface area contributed by atoms with E-state index in [1.165, 1.54) is 49.5 Å². The number of sulfone groups is 1. The second-order valence-electron chi connectivity index (χ2n) is 10.8. The van der Waals surface area contributed by atoms with Gasteiger partial charge in [0.1, 0.15) is 5.82 Å². The van der Waals surface area contributed by atoms with Gasteiger partial charge in [0.15, 0.2) is 9.84 Å². The predicted octanol–water partition coefficient (Wildman–Crippen LogP) is 5.13. The second-order valence-corrected chi connectivity index (χ2v) is 13.0. The minimum absolute atomic E-state index is 0.0150. The lowest BCUT2D eigenvalue weighted by Gasteiger charge is -2.41. The number of pyridine rings is 2. The zero-order valence-corrected chi connectivity index (χ0v) is 25.3. The van der Waals surface area contributed by atoms with Crippen LogP contribution in [0.4, 0.5) is 27.8 Å². The van der Waals surface area contributed by atoms with E-state index in [0.29, 0.717) is 31.1 Å². The number of nitrogens with zero attached hydrogens (tertiary/aromatic N) is 3. The molecular formula is C30H33F5N4O5S. The number of anilines is 1. The number of benzene rings is 1. The number of hydrogen-bond acceptors (Lipinski definition) is 8. The summed E-state index contributed by atoms with van der Waals surface area (Å²) in [6, 6.07) is 9.11. The lowest BCUT2D eigenvalue weighted by molar-refractivity contribution is -0.226. The average molecular weight is 657 g/mol. The second kappa shape index (κ2) is 13.7. The zero-order chi connectivity index (χ0) is 33.0. The number of carbonyl (C=O) groups is 1. The summed E-state index contributed by atoms with van der Waals surface area (Å²) in [6.07, 6.45) is -4.49. The molecule has 1 fully saturated rings. The third-order valence-corrected chi connectivity index (χ3v) is 9.31. The van der Waals surface area contributed by atoms with Gasteiger partial charge in [-0.05, 0) is 54.8 Å². The molecule has 1 aliphatic rings. The number of aromatic nitrogens is 2. The van der Waals surface area contributed by atoms with Gasteiger partial charge in [-0.25, -0.2) is 13.4 Å². The van der Waals surface area contributed by atoms with Crippen molar-refractivity contribution < 1.29 is 45.0 Å². The highest BCUT2D eigenvalue weighted by atomic mass is 32.2. The molecule has 2 N–H and O–H groups in total. The van der Waals surface area contributed by atoms with Gasteiger partial charge >= 0.3 is 12.3 Å². The Labute approximate surface area is 257 Å². The summed E-state index contributed by atoms with van der Waals surface area (Å²) < 4.78 is 95.1. The monoisotopic (exact) mass is 656 g/mol. The molecule has 9 nitrogen and oxygen atoms in total. The molecule has 3 atom stereocenters. The molecule has 0 radical (unpaired) electrons. The van der Waals surface area contributed by atoms with E-state index in [9.17, 15) is 40.3 Å². The van der Waals surface area contributed by atoms with Gasteiger partial charge in [-0.3, -0.25) is 9.78 Å². The number of alkyl halides is 5. The van der Waals surface area contributed by atoms with E-state index in [2.05, 4.69) is 15.3 Å². The number of aliphatic hydroxyl groups is 1. The minimum Gasteiger partial charge on any atom is -0.394 e. The maximum Gasteiger partial charge on any atom is 0.416 e. The molecule has 1 amide bonds. The fourth-order valence-electron chi connectivity index (χ4n) is 5.03. The Bertz CT molecular complexity index is 1550. The minimum atomic E-state index is -4.47. The van der Waals surface area contributed by atoms with Crippen LogP contribution in [-0.4, -0.2) is 67.1 Å². The van der Waals surface area contributed by atoms with Gasteiger partial charge in [-0.15, -0.1) is 0 Å². The van der Waals surface area contributed by atoms with E-state index in [1.807, 2.05) is 0 Å². The first-order valence-electron chi connectivity index (χ1n) is 14.1. The van der Waals surface area contributed by atoms with Crippen molar-refractivity contribution in [3.8, 4) is 0 Å². The Balaban J connectivity index is 1.50. The average Bonchev–Trinajstić information content (AvgIpc) is 3.02. The van der Waals surface area contributed by atoms with Crippen LogP contribution in [0.15, 0.2) is 65.8 Å². The fourth-order valence-corrected chi connectivity index (χ4v) is 5.86. The number of nitrogens with one attached hydrogen (secondary N) is 1. The van der Waals surface area contributed by atoms with E-state index in [-0.39, 0.29) is 41.0 Å². The number of piperidine rings is 1. The maximum atomic E-state index is 13.5. The summed E-state index contributed by atoms with van der Waals surface area (Å²) >= 11 is 0. The number of amides is 1. The van der Waals surface area contributed by atoms with E-state index < -0.39 is 52.3 Å². The van der Waals surface area contributed by atoms with Crippen molar-refractivity contribution in [1.82, 2.24) is 15.3 Å². The molecule has 0 saturated carbocycles. The van der Waals surface area contributed by atoms with Crippen molar-refractivity contribution in [2.75, 3.05) is 30.4 Å². The number of halogens is 5. The van der Waals surface area contributed by atoms with Gasteiger partial charge in [-0.1, -0.05) is 19.1 Å². The molecule has 0 aliphatic carbocycles. The molecule has 1 aliphatic heterocycles. The summed E-state index contributed by atoms with van der Waals surface area (Å²) in [6.45, 7) is 1.55. The van der Waals surface area contributed by atoms with Gasteiger partial charge in [0.2, 0.25) is 0 Å². The highest BCUT2D eigenvalue weighted by molar-refractivity contribution is 7.91. The Morgan fingerprint density at radius 2 is 1.76 bits per heavy atom. The van der Waals surface area contributed by atoms with Gasteiger partial charge in [0.25, 0.3) is 5.91 Å². The lowest BCUT2D eigenvalue weighted by atomic mass is 9.87. The summed E-state index contributed by atoms with van der Waals surface area (Å²) in [5.41, 5.74) is 0.245. The Hall–Kier alpha value is -3.69. The Kier molecular flexibility index (Phi) is 10.4. The van der Waals surface area contributed by atoms with Gasteiger partial charge in [0.05, 0.1) is 52.8 Å². The fraction of sp³-hybridized carbons (Fsp3) is 0.433. The summed E-state index contributed by atoms with van der Waals surface area (Å²) in [5.74, 6) is -0.577. The topological polar surface area (TPSA) is 122 Å². The first kappa shape index (κ1) is 34.2. The van der Waals surface area contributed by atoms with E-state index >= 15 is 0 Å². The first-order valence-corrected chi connectivity index (χ1v) is 15.8. The van der Waals surface area contributed by atoms with Crippen molar-refractivity contribution in [1.29, 1.82) is 0 Å². The van der Waals surface area contributed by atoms with Crippen LogP contribution in [0.3, 0.4) is 0 Å². The van der Waals surface area contributed by atoms with Crippen molar-refractivity contribution >= 4 is 21.6 Å². The number of aliphatic hydroxyl groups excluding tert-OH is 1. The predicted molar refractivity (Wildman–Crippen MR) is 155 cm³/mol. The normalized spacial score (nSPS) is 18.4. The summed E-state index contributed by atoms with van der Waals surface area (Å²) in [4.78, 5) is 23.2. The molecule has 3 aromatic rings. The highest BCUT2D eigenvalue weighted by Gasteiger charge is 2.34. The molecule has 15 heteroatoms. The van der Waals surface area contributed by atoms with Gasteiger partial charge in [0, 0.05) is 31.8 Å². The quantitative estimate of drug-likeness (QED) is 0.273. The van der Waals surface area contributed by atoms with Crippen molar-refractivity contribution in [2.45, 2.75) is 61.9 Å². The van der Waals surface area contributed by atoms with Crippen molar-refractivity contribution in [2.24, 2.45) is 0 Å². The Morgan fingerprint density at radius 3 is 2.29 bits per heavy atom. The van der Waals surface area contributed by atoms with Crippen molar-refractivity contribution in [3.05, 3.63) is 83.3 Å². The highest BCUT2D eigenvalue weighted by Crippen LogP contribution is 2.36. The number of hydrogen-bond donors (Lipinski definition) is 2. The largest absolute Gasteiger partial charge is 0.416 e. The molecule has 0 spiro atoms. The van der Waals surface area contributed by atoms with Crippen LogP contribution in [0.2, 0.25) is 0 Å². The summed E-state index contributed by atoms with van der Waals surface area (Å²) in [7, 11) is -3.48. The molecule has 2 aromatic heterocycles. The van der Waals surface area contributed by atoms with Crippen LogP contribution in [0.5, 0.6) is 0 Å². The molecule has 4 rings (SSSR count). The van der Waals surface area contributed by atoms with Gasteiger partial charge in [-0.2, -0.15) is 22.0 Å². The first-order chi connectivity index (χ1) is 21.1. The van der Waals surface area contributed by atoms with E-state index in [4.69, 9.17) is 4.74 Å². The summed E-state index contributed by atoms with van der Waals surface area (Å²) in [5, 5.41) is 12.5. The smallest absolute Gasteiger partial charge is 0.394 e. The molecule has 45 heavy (non-hydrogen) atoms. The van der Waals surface area contributed by atoms with Crippen LogP contribution in [0.25, 0.3) is 0 Å². The SMILES string of the molecule is CCS(=O)(=O)c1ccc([C@H](CO)NC(=O)c2ccc(N3CC(c4ccc(C(F)(F)F)cc4)CC[C@H]3COC(C)(F)F)nc2)nc1. The molecule has 1 unspecified atom stereocenters. The van der Waals surface area contributed by atoms with Gasteiger partial charge < -0.3 is 20.1 Å². The van der Waals surface area contributed by atoms with Crippen LogP contribution in [0, 0.1) is 0 Å².